The number of amides is 1. The van der Waals surface area contributed by atoms with Crippen molar-refractivity contribution < 1.29 is 9.59 Å². The second-order valence-corrected chi connectivity index (χ2v) is 3.25. The van der Waals surface area contributed by atoms with Gasteiger partial charge in [-0.3, -0.25) is 9.59 Å². The first kappa shape index (κ1) is 10.4. The molecule has 3 heteroatoms. The zero-order chi connectivity index (χ0) is 10.7. The summed E-state index contributed by atoms with van der Waals surface area (Å²) in [5, 5.41) is 2.71. The van der Waals surface area contributed by atoms with Gasteiger partial charge in [0.15, 0.2) is 0 Å². The Hall–Kier alpha value is -1.64. The normalized spacial score (nSPS) is 9.64. The molecule has 74 valence electrons. The number of aldehydes is 1. The molecule has 0 aliphatic carbocycles. The second kappa shape index (κ2) is 4.05. The Kier molecular flexibility index (Phi) is 3.02. The number of hydrogen-bond acceptors (Lipinski definition) is 2. The molecule has 14 heavy (non-hydrogen) atoms. The van der Waals surface area contributed by atoms with E-state index in [0.29, 0.717) is 5.56 Å². The molecule has 0 saturated carbocycles. The summed E-state index contributed by atoms with van der Waals surface area (Å²) in [6, 6.07) is 3.45. The van der Waals surface area contributed by atoms with E-state index in [-0.39, 0.29) is 5.91 Å². The quantitative estimate of drug-likeness (QED) is 0.727. The van der Waals surface area contributed by atoms with E-state index < -0.39 is 0 Å². The van der Waals surface area contributed by atoms with E-state index in [1.54, 1.807) is 12.1 Å². The lowest BCUT2D eigenvalue weighted by atomic mass is 10.0. The predicted octanol–water partition coefficient (Wildman–Crippen LogP) is 2.07. The van der Waals surface area contributed by atoms with Crippen molar-refractivity contribution in [2.75, 3.05) is 5.32 Å². The van der Waals surface area contributed by atoms with Crippen molar-refractivity contribution in [2.24, 2.45) is 0 Å². The van der Waals surface area contributed by atoms with Crippen molar-refractivity contribution >= 4 is 17.9 Å². The first-order chi connectivity index (χ1) is 6.56. The fourth-order valence-corrected chi connectivity index (χ4v) is 1.29. The standard InChI is InChI=1S/C11H13NO2/c1-7-8(2)11(12-9(3)14)5-4-10(7)6-13/h4-6H,1-3H3,(H,12,14). The van der Waals surface area contributed by atoms with Crippen LogP contribution in [0.25, 0.3) is 0 Å². The summed E-state index contributed by atoms with van der Waals surface area (Å²) in [5.41, 5.74) is 3.27. The van der Waals surface area contributed by atoms with E-state index in [0.717, 1.165) is 23.1 Å². The molecule has 0 spiro atoms. The van der Waals surface area contributed by atoms with Gasteiger partial charge >= 0.3 is 0 Å². The number of carbonyl (C=O) groups excluding carboxylic acids is 2. The average molecular weight is 191 g/mol. The number of anilines is 1. The molecule has 0 aliphatic heterocycles. The first-order valence-corrected chi connectivity index (χ1v) is 4.39. The van der Waals surface area contributed by atoms with E-state index in [4.69, 9.17) is 0 Å². The van der Waals surface area contributed by atoms with Crippen LogP contribution in [0.2, 0.25) is 0 Å². The lowest BCUT2D eigenvalue weighted by Gasteiger charge is -2.10. The Labute approximate surface area is 83.1 Å². The molecule has 1 N–H and O–H groups in total. The molecular formula is C11H13NO2. The van der Waals surface area contributed by atoms with Crippen molar-refractivity contribution in [1.29, 1.82) is 0 Å². The highest BCUT2D eigenvalue weighted by molar-refractivity contribution is 5.91. The third-order valence-corrected chi connectivity index (χ3v) is 2.27. The van der Waals surface area contributed by atoms with E-state index in [9.17, 15) is 9.59 Å². The van der Waals surface area contributed by atoms with Crippen molar-refractivity contribution in [3.8, 4) is 0 Å². The van der Waals surface area contributed by atoms with Gasteiger partial charge in [0.25, 0.3) is 0 Å². The van der Waals surface area contributed by atoms with Crippen LogP contribution in [0.1, 0.15) is 28.4 Å². The van der Waals surface area contributed by atoms with Crippen LogP contribution >= 0.6 is 0 Å². The van der Waals surface area contributed by atoms with Gasteiger partial charge in [-0.25, -0.2) is 0 Å². The van der Waals surface area contributed by atoms with Crippen LogP contribution in [0, 0.1) is 13.8 Å². The van der Waals surface area contributed by atoms with Gasteiger partial charge in [-0.15, -0.1) is 0 Å². The van der Waals surface area contributed by atoms with Crippen LogP contribution in [0.3, 0.4) is 0 Å². The molecule has 0 aromatic heterocycles. The molecule has 1 aromatic rings. The van der Waals surface area contributed by atoms with E-state index in [1.807, 2.05) is 13.8 Å². The van der Waals surface area contributed by atoms with E-state index >= 15 is 0 Å². The summed E-state index contributed by atoms with van der Waals surface area (Å²) in [5.74, 6) is -0.105. The molecule has 3 nitrogen and oxygen atoms in total. The third-order valence-electron chi connectivity index (χ3n) is 2.27. The van der Waals surface area contributed by atoms with Gasteiger partial charge in [-0.05, 0) is 37.1 Å². The van der Waals surface area contributed by atoms with Gasteiger partial charge in [0.05, 0.1) is 0 Å². The van der Waals surface area contributed by atoms with E-state index in [2.05, 4.69) is 5.32 Å². The maximum Gasteiger partial charge on any atom is 0.221 e. The molecule has 1 amide bonds. The van der Waals surface area contributed by atoms with Gasteiger partial charge in [0, 0.05) is 18.2 Å². The Morgan fingerprint density at radius 3 is 2.43 bits per heavy atom. The van der Waals surface area contributed by atoms with Crippen LogP contribution in [-0.2, 0) is 4.79 Å². The Morgan fingerprint density at radius 1 is 1.29 bits per heavy atom. The summed E-state index contributed by atoms with van der Waals surface area (Å²) in [4.78, 5) is 21.5. The maximum absolute atomic E-state index is 10.9. The number of rotatable bonds is 2. The van der Waals surface area contributed by atoms with Crippen molar-refractivity contribution in [1.82, 2.24) is 0 Å². The molecule has 0 unspecified atom stereocenters. The van der Waals surface area contributed by atoms with Crippen LogP contribution in [0.4, 0.5) is 5.69 Å². The minimum Gasteiger partial charge on any atom is -0.326 e. The van der Waals surface area contributed by atoms with Gasteiger partial charge < -0.3 is 5.32 Å². The van der Waals surface area contributed by atoms with Gasteiger partial charge in [-0.1, -0.05) is 0 Å². The molecule has 0 bridgehead atoms. The Balaban J connectivity index is 3.16. The zero-order valence-electron chi connectivity index (χ0n) is 8.55. The summed E-state index contributed by atoms with van der Waals surface area (Å²) in [6.07, 6.45) is 0.819. The molecule has 0 radical (unpaired) electrons. The lowest BCUT2D eigenvalue weighted by Crippen LogP contribution is -2.08. The molecular weight excluding hydrogens is 178 g/mol. The van der Waals surface area contributed by atoms with Crippen LogP contribution < -0.4 is 5.32 Å². The Morgan fingerprint density at radius 2 is 1.93 bits per heavy atom. The number of benzene rings is 1. The summed E-state index contributed by atoms with van der Waals surface area (Å²) in [6.45, 7) is 5.21. The topological polar surface area (TPSA) is 46.2 Å². The molecule has 0 fully saturated rings. The highest BCUT2D eigenvalue weighted by Gasteiger charge is 2.06. The molecule has 1 rings (SSSR count). The third kappa shape index (κ3) is 1.99. The van der Waals surface area contributed by atoms with Gasteiger partial charge in [-0.2, -0.15) is 0 Å². The number of carbonyl (C=O) groups is 2. The lowest BCUT2D eigenvalue weighted by molar-refractivity contribution is -0.114. The molecule has 0 atom stereocenters. The van der Waals surface area contributed by atoms with Crippen LogP contribution in [-0.4, -0.2) is 12.2 Å². The molecule has 0 saturated heterocycles. The minimum atomic E-state index is -0.105. The van der Waals surface area contributed by atoms with Crippen molar-refractivity contribution in [3.05, 3.63) is 28.8 Å². The van der Waals surface area contributed by atoms with E-state index in [1.165, 1.54) is 6.92 Å². The first-order valence-electron chi connectivity index (χ1n) is 4.39. The fourth-order valence-electron chi connectivity index (χ4n) is 1.29. The molecule has 0 heterocycles. The smallest absolute Gasteiger partial charge is 0.221 e. The van der Waals surface area contributed by atoms with Gasteiger partial charge in [0.2, 0.25) is 5.91 Å². The summed E-state index contributed by atoms with van der Waals surface area (Å²) < 4.78 is 0. The average Bonchev–Trinajstić information content (AvgIpc) is 2.13. The van der Waals surface area contributed by atoms with Crippen molar-refractivity contribution in [2.45, 2.75) is 20.8 Å². The van der Waals surface area contributed by atoms with Gasteiger partial charge in [0.1, 0.15) is 6.29 Å². The Bertz CT molecular complexity index is 383. The highest BCUT2D eigenvalue weighted by Crippen LogP contribution is 2.20. The predicted molar refractivity (Wildman–Crippen MR) is 55.6 cm³/mol. The number of nitrogens with one attached hydrogen (secondary N) is 1. The number of hydrogen-bond donors (Lipinski definition) is 1. The summed E-state index contributed by atoms with van der Waals surface area (Å²) in [7, 11) is 0. The largest absolute Gasteiger partial charge is 0.326 e. The monoisotopic (exact) mass is 191 g/mol. The van der Waals surface area contributed by atoms with Crippen molar-refractivity contribution in [3.63, 3.8) is 0 Å². The maximum atomic E-state index is 10.9. The zero-order valence-corrected chi connectivity index (χ0v) is 8.55. The second-order valence-electron chi connectivity index (χ2n) is 3.25. The van der Waals surface area contributed by atoms with Crippen LogP contribution in [0.15, 0.2) is 12.1 Å². The molecule has 0 aliphatic rings. The fraction of sp³-hybridized carbons (Fsp3) is 0.273. The van der Waals surface area contributed by atoms with Crippen LogP contribution in [0.5, 0.6) is 0 Å². The highest BCUT2D eigenvalue weighted by atomic mass is 16.1. The SMILES string of the molecule is CC(=O)Nc1ccc(C=O)c(C)c1C. The summed E-state index contributed by atoms with van der Waals surface area (Å²) >= 11 is 0. The molecule has 1 aromatic carbocycles. The minimum absolute atomic E-state index is 0.105.